The van der Waals surface area contributed by atoms with E-state index < -0.39 is 0 Å². The largest absolute Gasteiger partial charge is 1.00 e. The van der Waals surface area contributed by atoms with Crippen molar-refractivity contribution in [2.24, 2.45) is 5.92 Å². The molecule has 0 aliphatic heterocycles. The number of unbranched alkanes of at least 4 members (excludes halogenated alkanes) is 11. The van der Waals surface area contributed by atoms with Crippen LogP contribution in [0.2, 0.25) is 0 Å². The quantitative estimate of drug-likeness (QED) is 0.138. The predicted octanol–water partition coefficient (Wildman–Crippen LogP) is 1.02. The maximum absolute atomic E-state index is 2.49. The minimum atomic E-state index is 0. The van der Waals surface area contributed by atoms with Gasteiger partial charge in [-0.25, -0.2) is 0 Å². The van der Waals surface area contributed by atoms with E-state index in [2.05, 4.69) is 94.9 Å². The first-order valence-electron chi connectivity index (χ1n) is 16.6. The third-order valence-electron chi connectivity index (χ3n) is 9.37. The van der Waals surface area contributed by atoms with E-state index >= 15 is 0 Å². The first-order valence-corrected chi connectivity index (χ1v) is 18.5. The number of benzene rings is 3. The van der Waals surface area contributed by atoms with Gasteiger partial charge in [-0.2, -0.15) is 0 Å². The van der Waals surface area contributed by atoms with E-state index in [0.717, 1.165) is 16.2 Å². The summed E-state index contributed by atoms with van der Waals surface area (Å²) >= 11 is 2.40. The maximum Gasteiger partial charge on any atom is -1.00 e. The Morgan fingerprint density at radius 1 is 0.605 bits per heavy atom. The summed E-state index contributed by atoms with van der Waals surface area (Å²) in [7, 11) is 1.08. The normalized spacial score (nSPS) is 13.8. The van der Waals surface area contributed by atoms with E-state index in [1.807, 2.05) is 0 Å². The van der Waals surface area contributed by atoms with Gasteiger partial charge in [-0.15, -0.1) is 0 Å². The number of fused-ring (bicyclic) bond motifs is 3. The Labute approximate surface area is 297 Å². The first-order chi connectivity index (χ1) is 19.6. The molecule has 3 aromatic rings. The Balaban J connectivity index is 0.00000308. The Morgan fingerprint density at radius 3 is 1.77 bits per heavy atom. The van der Waals surface area contributed by atoms with Crippen molar-refractivity contribution in [2.75, 3.05) is 0 Å². The number of halogens is 3. The zero-order valence-electron chi connectivity index (χ0n) is 26.9. The molecule has 0 heterocycles. The molecule has 0 saturated heterocycles. The predicted molar refractivity (Wildman–Crippen MR) is 177 cm³/mol. The molecule has 0 fully saturated rings. The van der Waals surface area contributed by atoms with Gasteiger partial charge in [0, 0.05) is 0 Å². The molecule has 43 heavy (non-hydrogen) atoms. The average Bonchev–Trinajstić information content (AvgIpc) is 3.27. The van der Waals surface area contributed by atoms with Crippen LogP contribution in [-0.4, -0.2) is 10.2 Å². The van der Waals surface area contributed by atoms with Crippen molar-refractivity contribution in [3.05, 3.63) is 77.4 Å². The van der Waals surface area contributed by atoms with E-state index in [-0.39, 0.29) is 37.2 Å². The van der Waals surface area contributed by atoms with Crippen molar-refractivity contribution in [3.8, 4) is 22.3 Å². The molecule has 234 valence electrons. The second-order valence-corrected chi connectivity index (χ2v) is 14.5. The minimum Gasteiger partial charge on any atom is -1.00 e. The van der Waals surface area contributed by atoms with E-state index in [1.165, 1.54) is 131 Å². The zero-order valence-corrected chi connectivity index (χ0v) is 32.7. The molecule has 4 rings (SSSR count). The topological polar surface area (TPSA) is 0 Å². The van der Waals surface area contributed by atoms with Crippen LogP contribution < -0.4 is 42.4 Å². The van der Waals surface area contributed by atoms with Crippen molar-refractivity contribution < 1.29 is 57.7 Å². The molecule has 0 aromatic heterocycles. The standard InChI is InChI=1S/C38H53Si.3ClH.Ti/c1-3-4-5-6-7-10-13-20-30(2)21-14-11-8-9-12-15-22-31-23-16-18-25-33(31)36-28-27-35-34-26-19-17-24-32(34)29-37(35)38(36)39;;;;/h16-19,23-30H,3-15,20-22H2,1-2,39H3;3*1H;/q;;;;+3/p-3. The molecule has 2 atom stereocenters. The van der Waals surface area contributed by atoms with Gasteiger partial charge < -0.3 is 37.2 Å². The summed E-state index contributed by atoms with van der Waals surface area (Å²) in [6, 6.07) is 23.1. The number of rotatable bonds is 18. The summed E-state index contributed by atoms with van der Waals surface area (Å²) < 4.78 is 0.508. The van der Waals surface area contributed by atoms with E-state index in [9.17, 15) is 0 Å². The third kappa shape index (κ3) is 11.6. The van der Waals surface area contributed by atoms with E-state index in [0.29, 0.717) is 4.22 Å². The Bertz CT molecular complexity index is 1200. The van der Waals surface area contributed by atoms with Gasteiger partial charge in [0.2, 0.25) is 0 Å². The molecular weight excluding hydrogens is 639 g/mol. The van der Waals surface area contributed by atoms with Crippen molar-refractivity contribution in [1.29, 1.82) is 0 Å². The number of hydrogen-bond acceptors (Lipinski definition) is 0. The van der Waals surface area contributed by atoms with E-state index in [1.54, 1.807) is 16.3 Å². The molecule has 0 spiro atoms. The molecule has 0 N–H and O–H groups in total. The molecule has 0 saturated carbocycles. The fraction of sp³-hybridized carbons (Fsp3) is 0.526. The first kappa shape index (κ1) is 40.5. The van der Waals surface area contributed by atoms with Gasteiger partial charge in [-0.1, -0.05) is 78.1 Å². The monoisotopic (exact) mass is 690 g/mol. The van der Waals surface area contributed by atoms with Gasteiger partial charge >= 0.3 is 178 Å². The molecule has 0 bridgehead atoms. The SMILES string of the molecule is CCCCCCCCCC(C)CCCCCCCCc1ccccc1-c1ccc2c(c1[SiH3])[CH]([Ti+3])c1ccccc1-2.[Cl-].[Cl-].[Cl-]. The number of hydrogen-bond donors (Lipinski definition) is 0. The van der Waals surface area contributed by atoms with Crippen LogP contribution in [0.15, 0.2) is 60.7 Å². The molecule has 0 radical (unpaired) electrons. The van der Waals surface area contributed by atoms with Crippen molar-refractivity contribution in [2.45, 2.75) is 121 Å². The van der Waals surface area contributed by atoms with Crippen LogP contribution in [0.1, 0.15) is 131 Å². The van der Waals surface area contributed by atoms with Gasteiger partial charge in [0.05, 0.1) is 0 Å². The maximum atomic E-state index is 2.49. The Kier molecular flexibility index (Phi) is 20.8. The van der Waals surface area contributed by atoms with Crippen LogP contribution in [0.3, 0.4) is 0 Å². The summed E-state index contributed by atoms with van der Waals surface area (Å²) in [5, 5.41) is 1.61. The number of aryl methyl sites for hydroxylation is 1. The average molecular weight is 692 g/mol. The van der Waals surface area contributed by atoms with Gasteiger partial charge in [0.1, 0.15) is 0 Å². The van der Waals surface area contributed by atoms with Crippen molar-refractivity contribution in [1.82, 2.24) is 0 Å². The molecule has 5 heteroatoms. The molecule has 2 unspecified atom stereocenters. The summed E-state index contributed by atoms with van der Waals surface area (Å²) in [6.45, 7) is 4.79. The minimum absolute atomic E-state index is 0. The second-order valence-electron chi connectivity index (χ2n) is 12.6. The second kappa shape index (κ2) is 22.1. The summed E-state index contributed by atoms with van der Waals surface area (Å²) in [5.41, 5.74) is 10.5. The summed E-state index contributed by atoms with van der Waals surface area (Å²) in [4.78, 5) is 0. The van der Waals surface area contributed by atoms with Crippen LogP contribution in [0, 0.1) is 5.92 Å². The van der Waals surface area contributed by atoms with E-state index in [4.69, 9.17) is 0 Å². The van der Waals surface area contributed by atoms with Gasteiger partial charge in [-0.3, -0.25) is 0 Å². The van der Waals surface area contributed by atoms with Gasteiger partial charge in [-0.05, 0) is 5.92 Å². The zero-order chi connectivity index (χ0) is 28.2. The van der Waals surface area contributed by atoms with Crippen LogP contribution >= 0.6 is 0 Å². The fourth-order valence-corrected chi connectivity index (χ4v) is 9.31. The molecule has 1 aliphatic carbocycles. The third-order valence-corrected chi connectivity index (χ3v) is 11.4. The van der Waals surface area contributed by atoms with Crippen molar-refractivity contribution in [3.63, 3.8) is 0 Å². The molecule has 3 aromatic carbocycles. The van der Waals surface area contributed by atoms with Crippen LogP contribution in [0.5, 0.6) is 0 Å². The fourth-order valence-electron chi connectivity index (χ4n) is 6.89. The Hall–Kier alpha value is -0.539. The summed E-state index contributed by atoms with van der Waals surface area (Å²) in [5.74, 6) is 0.926. The van der Waals surface area contributed by atoms with Crippen LogP contribution in [0.25, 0.3) is 22.3 Å². The summed E-state index contributed by atoms with van der Waals surface area (Å²) in [6.07, 6.45) is 22.5. The Morgan fingerprint density at radius 2 is 1.12 bits per heavy atom. The molecule has 0 amide bonds. The molecule has 0 nitrogen and oxygen atoms in total. The smallest absolute Gasteiger partial charge is 1.00 e. The van der Waals surface area contributed by atoms with Crippen molar-refractivity contribution >= 4 is 15.4 Å². The molecule has 1 aliphatic rings. The van der Waals surface area contributed by atoms with Crippen LogP contribution in [-0.2, 0) is 26.9 Å². The molecular formula is C38H53Cl3SiTi. The van der Waals surface area contributed by atoms with Gasteiger partial charge in [0.25, 0.3) is 0 Å². The van der Waals surface area contributed by atoms with Gasteiger partial charge in [0.15, 0.2) is 0 Å². The van der Waals surface area contributed by atoms with Crippen LogP contribution in [0.4, 0.5) is 0 Å².